The van der Waals surface area contributed by atoms with E-state index < -0.39 is 60.2 Å². The topological polar surface area (TPSA) is 222 Å². The first kappa shape index (κ1) is 30.3. The molecule has 0 spiro atoms. The Balaban J connectivity index is 2.16. The number of carbonyl (C=O) groups excluding carboxylic acids is 4. The third kappa shape index (κ3) is 10.2. The number of imidazole rings is 1. The van der Waals surface area contributed by atoms with E-state index in [0.717, 1.165) is 5.56 Å². The van der Waals surface area contributed by atoms with Crippen molar-refractivity contribution in [2.45, 2.75) is 49.9 Å². The number of nitrogens with one attached hydrogen (secondary N) is 4. The lowest BCUT2D eigenvalue weighted by atomic mass is 10.0. The molecule has 2 aromatic rings. The number of hydrogen-bond acceptors (Lipinski definition) is 8. The number of carboxylic acid groups (broad SMARTS) is 1. The minimum atomic E-state index is -1.55. The zero-order valence-corrected chi connectivity index (χ0v) is 21.7. The van der Waals surface area contributed by atoms with Gasteiger partial charge < -0.3 is 37.5 Å². The quantitative estimate of drug-likeness (QED) is 0.132. The number of nitrogens with zero attached hydrogens (tertiary/aromatic N) is 1. The third-order valence-electron chi connectivity index (χ3n) is 5.51. The molecule has 4 unspecified atom stereocenters. The molecule has 38 heavy (non-hydrogen) atoms. The number of rotatable bonds is 16. The highest BCUT2D eigenvalue weighted by Gasteiger charge is 2.31. The summed E-state index contributed by atoms with van der Waals surface area (Å²) < 4.78 is 0. The summed E-state index contributed by atoms with van der Waals surface area (Å²) in [5, 5.41) is 16.8. The van der Waals surface area contributed by atoms with Gasteiger partial charge in [-0.1, -0.05) is 30.3 Å². The molecule has 0 bridgehead atoms. The summed E-state index contributed by atoms with van der Waals surface area (Å²) in [5.41, 5.74) is 12.6. The van der Waals surface area contributed by atoms with E-state index in [0.29, 0.717) is 11.4 Å². The lowest BCUT2D eigenvalue weighted by Crippen LogP contribution is -2.58. The van der Waals surface area contributed by atoms with Crippen LogP contribution in [0, 0.1) is 0 Å². The number of primary amides is 1. The molecule has 0 aliphatic rings. The summed E-state index contributed by atoms with van der Waals surface area (Å²) in [5.74, 6) is -3.92. The molecule has 13 nitrogen and oxygen atoms in total. The molecule has 1 aromatic carbocycles. The Kier molecular flexibility index (Phi) is 12.3. The van der Waals surface area contributed by atoms with Crippen LogP contribution in [0.25, 0.3) is 0 Å². The van der Waals surface area contributed by atoms with Crippen molar-refractivity contribution in [1.82, 2.24) is 25.9 Å². The van der Waals surface area contributed by atoms with Crippen molar-refractivity contribution in [2.75, 3.05) is 12.0 Å². The lowest BCUT2D eigenvalue weighted by Gasteiger charge is -2.25. The molecule has 206 valence electrons. The number of carbonyl (C=O) groups is 5. The van der Waals surface area contributed by atoms with E-state index in [9.17, 15) is 29.1 Å². The second-order valence-corrected chi connectivity index (χ2v) is 9.54. The molecule has 4 atom stereocenters. The Morgan fingerprint density at radius 3 is 2.18 bits per heavy atom. The summed E-state index contributed by atoms with van der Waals surface area (Å²) in [6, 6.07) is 4.42. The van der Waals surface area contributed by atoms with Crippen molar-refractivity contribution in [2.24, 2.45) is 11.5 Å². The largest absolute Gasteiger partial charge is 0.480 e. The number of H-pyrrole nitrogens is 1. The lowest BCUT2D eigenvalue weighted by molar-refractivity contribution is -0.143. The molecule has 14 heteroatoms. The SMILES string of the molecule is CSCCC(NC(=O)C(Cc1cnc[nH]1)NC(=O)C(N)Cc1ccccc1)C(=O)NC(CC(N)=O)C(=O)O. The molecular formula is C24H33N7O6S. The van der Waals surface area contributed by atoms with Crippen LogP contribution in [-0.2, 0) is 36.8 Å². The van der Waals surface area contributed by atoms with E-state index in [1.54, 1.807) is 6.26 Å². The second kappa shape index (κ2) is 15.4. The van der Waals surface area contributed by atoms with Crippen LogP contribution in [0.15, 0.2) is 42.9 Å². The van der Waals surface area contributed by atoms with Crippen LogP contribution in [0.5, 0.6) is 0 Å². The Bertz CT molecular complexity index is 1080. The summed E-state index contributed by atoms with van der Waals surface area (Å²) in [6.45, 7) is 0. The first-order valence-corrected chi connectivity index (χ1v) is 13.2. The molecule has 1 aromatic heterocycles. The molecule has 4 amide bonds. The highest BCUT2D eigenvalue weighted by atomic mass is 32.2. The van der Waals surface area contributed by atoms with Crippen molar-refractivity contribution in [1.29, 1.82) is 0 Å². The zero-order valence-electron chi connectivity index (χ0n) is 20.9. The molecule has 0 aliphatic carbocycles. The number of nitrogens with two attached hydrogens (primary N) is 2. The van der Waals surface area contributed by atoms with E-state index in [1.165, 1.54) is 24.3 Å². The fourth-order valence-electron chi connectivity index (χ4n) is 3.52. The number of thioether (sulfide) groups is 1. The fraction of sp³-hybridized carbons (Fsp3) is 0.417. The summed E-state index contributed by atoms with van der Waals surface area (Å²) in [4.78, 5) is 68.5. The van der Waals surface area contributed by atoms with Crippen LogP contribution in [0.4, 0.5) is 0 Å². The predicted molar refractivity (Wildman–Crippen MR) is 141 cm³/mol. The normalized spacial score (nSPS) is 13.9. The van der Waals surface area contributed by atoms with Gasteiger partial charge in [-0.25, -0.2) is 9.78 Å². The molecular weight excluding hydrogens is 514 g/mol. The number of aromatic amines is 1. The molecule has 1 heterocycles. The van der Waals surface area contributed by atoms with E-state index in [-0.39, 0.29) is 19.3 Å². The average molecular weight is 548 g/mol. The van der Waals surface area contributed by atoms with E-state index >= 15 is 0 Å². The van der Waals surface area contributed by atoms with Gasteiger partial charge in [-0.05, 0) is 30.4 Å². The maximum absolute atomic E-state index is 13.3. The molecule has 0 aliphatic heterocycles. The van der Waals surface area contributed by atoms with Crippen LogP contribution in [-0.4, -0.2) is 80.8 Å². The first-order valence-electron chi connectivity index (χ1n) is 11.8. The van der Waals surface area contributed by atoms with Gasteiger partial charge in [0.25, 0.3) is 0 Å². The minimum Gasteiger partial charge on any atom is -0.480 e. The standard InChI is InChI=1S/C24H33N7O6S/c1-38-8-7-17(22(34)31-19(24(36)37)11-20(26)32)29-23(35)18(10-15-12-27-13-28-15)30-21(33)16(25)9-14-5-3-2-4-6-14/h2-6,12-13,16-19H,7-11,25H2,1H3,(H2,26,32)(H,27,28)(H,29,35)(H,30,33)(H,31,34)(H,36,37). The molecule has 0 radical (unpaired) electrons. The van der Waals surface area contributed by atoms with Gasteiger partial charge in [-0.15, -0.1) is 0 Å². The van der Waals surface area contributed by atoms with Gasteiger partial charge in [0.05, 0.1) is 18.8 Å². The van der Waals surface area contributed by atoms with Gasteiger partial charge >= 0.3 is 5.97 Å². The molecule has 0 saturated carbocycles. The Labute approximate surface area is 223 Å². The van der Waals surface area contributed by atoms with Gasteiger partial charge in [0, 0.05) is 18.3 Å². The van der Waals surface area contributed by atoms with Gasteiger partial charge in [0.2, 0.25) is 23.6 Å². The van der Waals surface area contributed by atoms with Gasteiger partial charge in [-0.2, -0.15) is 11.8 Å². The minimum absolute atomic E-state index is 0.0337. The monoisotopic (exact) mass is 547 g/mol. The van der Waals surface area contributed by atoms with Gasteiger partial charge in [-0.3, -0.25) is 19.2 Å². The van der Waals surface area contributed by atoms with E-state index in [4.69, 9.17) is 11.5 Å². The van der Waals surface area contributed by atoms with Crippen LogP contribution >= 0.6 is 11.8 Å². The number of amides is 4. The Morgan fingerprint density at radius 2 is 1.61 bits per heavy atom. The maximum Gasteiger partial charge on any atom is 0.326 e. The van der Waals surface area contributed by atoms with E-state index in [1.807, 2.05) is 30.3 Å². The molecule has 0 saturated heterocycles. The smallest absolute Gasteiger partial charge is 0.326 e. The zero-order chi connectivity index (χ0) is 28.1. The van der Waals surface area contributed by atoms with Crippen molar-refractivity contribution in [3.63, 3.8) is 0 Å². The van der Waals surface area contributed by atoms with Crippen LogP contribution in [0.1, 0.15) is 24.1 Å². The number of benzene rings is 1. The Morgan fingerprint density at radius 1 is 0.974 bits per heavy atom. The first-order chi connectivity index (χ1) is 18.1. The fourth-order valence-corrected chi connectivity index (χ4v) is 3.99. The van der Waals surface area contributed by atoms with Gasteiger partial charge in [0.15, 0.2) is 0 Å². The number of hydrogen-bond donors (Lipinski definition) is 7. The van der Waals surface area contributed by atoms with E-state index in [2.05, 4.69) is 25.9 Å². The van der Waals surface area contributed by atoms with Crippen LogP contribution in [0.2, 0.25) is 0 Å². The van der Waals surface area contributed by atoms with Crippen molar-refractivity contribution < 1.29 is 29.1 Å². The molecule has 0 fully saturated rings. The molecule has 9 N–H and O–H groups in total. The average Bonchev–Trinajstić information content (AvgIpc) is 3.38. The Hall–Kier alpha value is -3.91. The highest BCUT2D eigenvalue weighted by molar-refractivity contribution is 7.98. The number of aromatic nitrogens is 2. The maximum atomic E-state index is 13.3. The number of aliphatic carboxylic acids is 1. The van der Waals surface area contributed by atoms with Crippen molar-refractivity contribution >= 4 is 41.4 Å². The third-order valence-corrected chi connectivity index (χ3v) is 6.15. The summed E-state index contributed by atoms with van der Waals surface area (Å²) in [6.07, 6.45) is 4.57. The van der Waals surface area contributed by atoms with Gasteiger partial charge in [0.1, 0.15) is 18.1 Å². The van der Waals surface area contributed by atoms with Crippen LogP contribution in [0.3, 0.4) is 0 Å². The summed E-state index contributed by atoms with van der Waals surface area (Å²) in [7, 11) is 0. The number of carboxylic acids is 1. The van der Waals surface area contributed by atoms with Crippen LogP contribution < -0.4 is 27.4 Å². The van der Waals surface area contributed by atoms with Crippen molar-refractivity contribution in [3.05, 3.63) is 54.1 Å². The molecule has 2 rings (SSSR count). The second-order valence-electron chi connectivity index (χ2n) is 8.55. The predicted octanol–water partition coefficient (Wildman–Crippen LogP) is -1.31. The van der Waals surface area contributed by atoms with Crippen molar-refractivity contribution in [3.8, 4) is 0 Å². The highest BCUT2D eigenvalue weighted by Crippen LogP contribution is 2.07. The summed E-state index contributed by atoms with van der Waals surface area (Å²) >= 11 is 1.42.